The molecule has 0 unspecified atom stereocenters. The van der Waals surface area contributed by atoms with Gasteiger partial charge >= 0.3 is 0 Å². The first kappa shape index (κ1) is 16.9. The molecule has 3 aromatic rings. The van der Waals surface area contributed by atoms with Gasteiger partial charge in [0.2, 0.25) is 0 Å². The Morgan fingerprint density at radius 3 is 2.77 bits per heavy atom. The lowest BCUT2D eigenvalue weighted by Crippen LogP contribution is -2.36. The first-order chi connectivity index (χ1) is 12.7. The van der Waals surface area contributed by atoms with E-state index in [-0.39, 0.29) is 0 Å². The molecule has 1 atom stereocenters. The molecule has 5 heteroatoms. The number of benzene rings is 2. The van der Waals surface area contributed by atoms with Crippen LogP contribution in [0.1, 0.15) is 24.8 Å². The summed E-state index contributed by atoms with van der Waals surface area (Å²) in [6.07, 6.45) is 5.57. The van der Waals surface area contributed by atoms with Crippen LogP contribution >= 0.6 is 0 Å². The van der Waals surface area contributed by atoms with E-state index < -0.39 is 11.6 Å². The summed E-state index contributed by atoms with van der Waals surface area (Å²) in [6, 6.07) is 11.7. The van der Waals surface area contributed by atoms with E-state index in [1.165, 1.54) is 6.07 Å². The van der Waals surface area contributed by atoms with Gasteiger partial charge in [-0.1, -0.05) is 18.2 Å². The number of rotatable bonds is 4. The number of piperidine rings is 1. The van der Waals surface area contributed by atoms with Gasteiger partial charge in [0.1, 0.15) is 17.5 Å². The van der Waals surface area contributed by atoms with E-state index in [0.29, 0.717) is 17.9 Å². The molecule has 1 aliphatic rings. The number of hydrogen-bond acceptors (Lipinski definition) is 3. The minimum Gasteiger partial charge on any atom is -0.355 e. The van der Waals surface area contributed by atoms with Crippen molar-refractivity contribution in [3.8, 4) is 0 Å². The van der Waals surface area contributed by atoms with Gasteiger partial charge in [0, 0.05) is 19.2 Å². The van der Waals surface area contributed by atoms with E-state index in [2.05, 4.69) is 9.88 Å². The zero-order valence-corrected chi connectivity index (χ0v) is 14.5. The Labute approximate surface area is 151 Å². The van der Waals surface area contributed by atoms with Crippen LogP contribution in [0.15, 0.2) is 48.7 Å². The van der Waals surface area contributed by atoms with Crippen LogP contribution in [0.5, 0.6) is 0 Å². The largest absolute Gasteiger partial charge is 0.355 e. The van der Waals surface area contributed by atoms with Gasteiger partial charge in [0.25, 0.3) is 0 Å². The van der Waals surface area contributed by atoms with Gasteiger partial charge in [-0.15, -0.1) is 0 Å². The lowest BCUT2D eigenvalue weighted by molar-refractivity contribution is 0.388. The van der Waals surface area contributed by atoms with E-state index in [4.69, 9.17) is 4.98 Å². The molecule has 0 saturated carbocycles. The van der Waals surface area contributed by atoms with E-state index in [1.807, 2.05) is 30.5 Å². The molecule has 0 amide bonds. The first-order valence-electron chi connectivity index (χ1n) is 9.10. The molecule has 2 aromatic carbocycles. The minimum atomic E-state index is -0.523. The summed E-state index contributed by atoms with van der Waals surface area (Å²) in [5.74, 6) is 0.408. The molecule has 0 radical (unpaired) electrons. The number of para-hydroxylation sites is 2. The van der Waals surface area contributed by atoms with E-state index in [9.17, 15) is 8.78 Å². The van der Waals surface area contributed by atoms with Crippen LogP contribution < -0.4 is 4.90 Å². The summed E-state index contributed by atoms with van der Waals surface area (Å²) in [5.41, 5.74) is 2.39. The lowest BCUT2D eigenvalue weighted by Gasteiger charge is -2.33. The van der Waals surface area contributed by atoms with E-state index in [0.717, 1.165) is 55.3 Å². The Hall–Kier alpha value is -2.56. The fraction of sp³-hybridized carbons (Fsp3) is 0.333. The van der Waals surface area contributed by atoms with Crippen LogP contribution in [0.3, 0.4) is 0 Å². The highest BCUT2D eigenvalue weighted by molar-refractivity contribution is 5.75. The van der Waals surface area contributed by atoms with Crippen molar-refractivity contribution >= 4 is 16.9 Å². The fourth-order valence-electron chi connectivity index (χ4n) is 3.69. The second-order valence-corrected chi connectivity index (χ2v) is 6.95. The van der Waals surface area contributed by atoms with Crippen molar-refractivity contribution in [1.82, 2.24) is 9.97 Å². The van der Waals surface area contributed by atoms with Crippen molar-refractivity contribution in [3.63, 3.8) is 0 Å². The van der Waals surface area contributed by atoms with Crippen LogP contribution in [0.2, 0.25) is 0 Å². The predicted octanol–water partition coefficient (Wildman–Crippen LogP) is 4.76. The average molecular weight is 353 g/mol. The zero-order chi connectivity index (χ0) is 17.9. The van der Waals surface area contributed by atoms with Crippen molar-refractivity contribution in [1.29, 1.82) is 0 Å². The SMILES string of the molecule is Fc1ccc(CC[C@@H]2CCCN(c3cnc4ccccc4n3)C2)c(F)c1. The lowest BCUT2D eigenvalue weighted by atomic mass is 9.91. The van der Waals surface area contributed by atoms with Gasteiger partial charge in [0.15, 0.2) is 0 Å². The van der Waals surface area contributed by atoms with Gasteiger partial charge in [-0.2, -0.15) is 0 Å². The molecular weight excluding hydrogens is 332 g/mol. The number of fused-ring (bicyclic) bond motifs is 1. The molecule has 1 saturated heterocycles. The normalized spacial score (nSPS) is 17.6. The van der Waals surface area contributed by atoms with Crippen molar-refractivity contribution in [3.05, 3.63) is 65.9 Å². The van der Waals surface area contributed by atoms with Crippen LogP contribution in [-0.2, 0) is 6.42 Å². The van der Waals surface area contributed by atoms with E-state index in [1.54, 1.807) is 6.07 Å². The third kappa shape index (κ3) is 3.66. The molecule has 1 fully saturated rings. The van der Waals surface area contributed by atoms with Crippen LogP contribution in [0.25, 0.3) is 11.0 Å². The smallest absolute Gasteiger partial charge is 0.147 e. The molecule has 0 N–H and O–H groups in total. The second-order valence-electron chi connectivity index (χ2n) is 6.95. The Kier molecular flexibility index (Phi) is 4.78. The molecule has 134 valence electrons. The molecular formula is C21H21F2N3. The highest BCUT2D eigenvalue weighted by Gasteiger charge is 2.21. The highest BCUT2D eigenvalue weighted by Crippen LogP contribution is 2.26. The molecule has 0 spiro atoms. The van der Waals surface area contributed by atoms with Crippen molar-refractivity contribution < 1.29 is 8.78 Å². The third-order valence-electron chi connectivity index (χ3n) is 5.12. The number of aromatic nitrogens is 2. The molecule has 3 nitrogen and oxygen atoms in total. The number of aryl methyl sites for hydroxylation is 1. The van der Waals surface area contributed by atoms with Crippen molar-refractivity contribution in [2.24, 2.45) is 5.92 Å². The average Bonchev–Trinajstić information content (AvgIpc) is 2.67. The molecule has 0 aliphatic carbocycles. The molecule has 1 aromatic heterocycles. The number of halogens is 2. The summed E-state index contributed by atoms with van der Waals surface area (Å²) in [4.78, 5) is 11.5. The topological polar surface area (TPSA) is 29.0 Å². The van der Waals surface area contributed by atoms with E-state index >= 15 is 0 Å². The van der Waals surface area contributed by atoms with Crippen LogP contribution in [-0.4, -0.2) is 23.1 Å². The molecule has 2 heterocycles. The van der Waals surface area contributed by atoms with Gasteiger partial charge in [-0.3, -0.25) is 4.98 Å². The minimum absolute atomic E-state index is 0.446. The molecule has 0 bridgehead atoms. The van der Waals surface area contributed by atoms with Crippen molar-refractivity contribution in [2.75, 3.05) is 18.0 Å². The Bertz CT molecular complexity index is 913. The van der Waals surface area contributed by atoms with Gasteiger partial charge in [-0.25, -0.2) is 13.8 Å². The molecule has 1 aliphatic heterocycles. The van der Waals surface area contributed by atoms with Crippen LogP contribution in [0, 0.1) is 17.6 Å². The third-order valence-corrected chi connectivity index (χ3v) is 5.12. The monoisotopic (exact) mass is 353 g/mol. The Morgan fingerprint density at radius 2 is 1.92 bits per heavy atom. The number of hydrogen-bond donors (Lipinski definition) is 0. The maximum Gasteiger partial charge on any atom is 0.147 e. The maximum absolute atomic E-state index is 13.8. The molecule has 26 heavy (non-hydrogen) atoms. The standard InChI is InChI=1S/C21H21F2N3/c22-17-10-9-16(18(23)12-17)8-7-15-4-3-11-26(14-15)21-13-24-19-5-1-2-6-20(19)25-21/h1-2,5-6,9-10,12-13,15H,3-4,7-8,11,14H2/t15-/m0/s1. The van der Waals surface area contributed by atoms with Crippen molar-refractivity contribution in [2.45, 2.75) is 25.7 Å². The fourth-order valence-corrected chi connectivity index (χ4v) is 3.69. The Balaban J connectivity index is 1.43. The first-order valence-corrected chi connectivity index (χ1v) is 9.10. The summed E-state index contributed by atoms with van der Waals surface area (Å²) in [5, 5.41) is 0. The molecule has 4 rings (SSSR count). The predicted molar refractivity (Wildman–Crippen MR) is 99.2 cm³/mol. The summed E-state index contributed by atoms with van der Waals surface area (Å²) in [6.45, 7) is 1.87. The zero-order valence-electron chi connectivity index (χ0n) is 14.5. The van der Waals surface area contributed by atoms with Gasteiger partial charge < -0.3 is 4.90 Å². The highest BCUT2D eigenvalue weighted by atomic mass is 19.1. The summed E-state index contributed by atoms with van der Waals surface area (Å²) < 4.78 is 26.9. The van der Waals surface area contributed by atoms with Gasteiger partial charge in [0.05, 0.1) is 17.2 Å². The number of nitrogens with zero attached hydrogens (tertiary/aromatic N) is 3. The second kappa shape index (κ2) is 7.36. The maximum atomic E-state index is 13.8. The van der Waals surface area contributed by atoms with Crippen LogP contribution in [0.4, 0.5) is 14.6 Å². The summed E-state index contributed by atoms with van der Waals surface area (Å²) in [7, 11) is 0. The Morgan fingerprint density at radius 1 is 1.08 bits per heavy atom. The van der Waals surface area contributed by atoms with Gasteiger partial charge in [-0.05, 0) is 55.4 Å². The quantitative estimate of drug-likeness (QED) is 0.677. The summed E-state index contributed by atoms with van der Waals surface area (Å²) >= 11 is 0. The number of anilines is 1.